The average molecular weight is 376 g/mol. The van der Waals surface area contributed by atoms with Crippen LogP contribution in [-0.2, 0) is 14.3 Å². The predicted octanol–water partition coefficient (Wildman–Crippen LogP) is 4.90. The number of benzene rings is 1. The van der Waals surface area contributed by atoms with E-state index in [4.69, 9.17) is 16.3 Å². The fourth-order valence-corrected chi connectivity index (χ4v) is 3.24. The minimum Gasteiger partial charge on any atom is -0.468 e. The van der Waals surface area contributed by atoms with Crippen molar-refractivity contribution in [3.05, 3.63) is 23.0 Å². The van der Waals surface area contributed by atoms with E-state index in [0.717, 1.165) is 12.5 Å². The molecule has 1 amide bonds. The summed E-state index contributed by atoms with van der Waals surface area (Å²) in [7, 11) is 1.32. The van der Waals surface area contributed by atoms with E-state index in [9.17, 15) is 14.0 Å². The van der Waals surface area contributed by atoms with Gasteiger partial charge in [0.05, 0.1) is 17.8 Å². The van der Waals surface area contributed by atoms with Crippen LogP contribution in [0.15, 0.2) is 17.0 Å². The summed E-state index contributed by atoms with van der Waals surface area (Å²) in [5.41, 5.74) is 0.0652. The molecule has 0 aliphatic carbocycles. The smallest absolute Gasteiger partial charge is 0.319 e. The molecule has 0 aromatic heterocycles. The predicted molar refractivity (Wildman–Crippen MR) is 96.1 cm³/mol. The molecular weight excluding hydrogens is 353 g/mol. The molecule has 0 heterocycles. The molecule has 1 rings (SSSR count). The zero-order valence-corrected chi connectivity index (χ0v) is 15.9. The fourth-order valence-electron chi connectivity index (χ4n) is 1.93. The topological polar surface area (TPSA) is 55.4 Å². The highest BCUT2D eigenvalue weighted by atomic mass is 35.5. The van der Waals surface area contributed by atoms with Gasteiger partial charge in [-0.15, -0.1) is 11.8 Å². The molecule has 4 nitrogen and oxygen atoms in total. The standard InChI is InChI=1S/C17H23ClFNO3S/c1-5-14(17(22)23-4)24-15-9-13(12(19)8-11(15)18)20-16(21)7-6-10(2)3/h8-10,14H,5-7H2,1-4H3,(H,20,21). The van der Waals surface area contributed by atoms with E-state index in [1.165, 1.54) is 24.9 Å². The van der Waals surface area contributed by atoms with E-state index in [2.05, 4.69) is 5.32 Å². The van der Waals surface area contributed by atoms with Crippen molar-refractivity contribution >= 4 is 40.9 Å². The Balaban J connectivity index is 2.92. The molecule has 0 saturated heterocycles. The van der Waals surface area contributed by atoms with E-state index in [1.807, 2.05) is 20.8 Å². The normalized spacial score (nSPS) is 12.1. The van der Waals surface area contributed by atoms with Crippen molar-refractivity contribution in [2.24, 2.45) is 5.92 Å². The number of esters is 1. The highest BCUT2D eigenvalue weighted by Crippen LogP contribution is 2.35. The van der Waals surface area contributed by atoms with Crippen LogP contribution >= 0.6 is 23.4 Å². The molecule has 7 heteroatoms. The summed E-state index contributed by atoms with van der Waals surface area (Å²) in [6.45, 7) is 5.88. The van der Waals surface area contributed by atoms with Gasteiger partial charge in [-0.1, -0.05) is 32.4 Å². The Labute approximate surface area is 151 Å². The Hall–Kier alpha value is -1.27. The number of hydrogen-bond donors (Lipinski definition) is 1. The van der Waals surface area contributed by atoms with E-state index >= 15 is 0 Å². The molecule has 1 aromatic rings. The fraction of sp³-hybridized carbons (Fsp3) is 0.529. The maximum atomic E-state index is 14.0. The first kappa shape index (κ1) is 20.8. The number of rotatable bonds is 8. The summed E-state index contributed by atoms with van der Waals surface area (Å²) >= 11 is 7.26. The van der Waals surface area contributed by atoms with Crippen LogP contribution in [-0.4, -0.2) is 24.2 Å². The summed E-state index contributed by atoms with van der Waals surface area (Å²) in [6, 6.07) is 2.60. The van der Waals surface area contributed by atoms with E-state index < -0.39 is 11.1 Å². The lowest BCUT2D eigenvalue weighted by atomic mass is 10.1. The number of ether oxygens (including phenoxy) is 1. The molecule has 134 valence electrons. The maximum Gasteiger partial charge on any atom is 0.319 e. The Bertz CT molecular complexity index is 595. The van der Waals surface area contributed by atoms with Crippen LogP contribution in [0, 0.1) is 11.7 Å². The molecular formula is C17H23ClFNO3S. The van der Waals surface area contributed by atoms with E-state index in [1.54, 1.807) is 0 Å². The molecule has 0 aliphatic rings. The van der Waals surface area contributed by atoms with Crippen molar-refractivity contribution in [2.45, 2.75) is 50.2 Å². The zero-order chi connectivity index (χ0) is 18.3. The highest BCUT2D eigenvalue weighted by molar-refractivity contribution is 8.00. The lowest BCUT2D eigenvalue weighted by Crippen LogP contribution is -2.18. The number of amides is 1. The van der Waals surface area contributed by atoms with Crippen LogP contribution in [0.5, 0.6) is 0 Å². The minimum atomic E-state index is -0.603. The molecule has 24 heavy (non-hydrogen) atoms. The van der Waals surface area contributed by atoms with Gasteiger partial charge in [-0.05, 0) is 30.9 Å². The molecule has 1 unspecified atom stereocenters. The number of carbonyl (C=O) groups is 2. The van der Waals surface area contributed by atoms with Crippen LogP contribution in [0.25, 0.3) is 0 Å². The Kier molecular flexibility index (Phi) is 8.56. The van der Waals surface area contributed by atoms with Crippen LogP contribution in [0.4, 0.5) is 10.1 Å². The molecule has 0 saturated carbocycles. The molecule has 0 aliphatic heterocycles. The summed E-state index contributed by atoms with van der Waals surface area (Å²) in [4.78, 5) is 24.1. The van der Waals surface area contributed by atoms with E-state index in [0.29, 0.717) is 23.7 Å². The summed E-state index contributed by atoms with van der Waals surface area (Å²) in [5.74, 6) is -0.832. The number of nitrogens with one attached hydrogen (secondary N) is 1. The van der Waals surface area contributed by atoms with Gasteiger partial charge < -0.3 is 10.1 Å². The number of hydrogen-bond acceptors (Lipinski definition) is 4. The van der Waals surface area contributed by atoms with Crippen molar-refractivity contribution in [3.63, 3.8) is 0 Å². The lowest BCUT2D eigenvalue weighted by molar-refractivity contribution is -0.140. The van der Waals surface area contributed by atoms with Gasteiger partial charge in [0.15, 0.2) is 0 Å². The third-order valence-corrected chi connectivity index (χ3v) is 5.18. The summed E-state index contributed by atoms with van der Waals surface area (Å²) in [5, 5.41) is 2.32. The van der Waals surface area contributed by atoms with Gasteiger partial charge in [-0.2, -0.15) is 0 Å². The SMILES string of the molecule is CCC(Sc1cc(NC(=O)CCC(C)C)c(F)cc1Cl)C(=O)OC. The molecule has 1 N–H and O–H groups in total. The van der Waals surface area contributed by atoms with Gasteiger partial charge in [-0.3, -0.25) is 9.59 Å². The Morgan fingerprint density at radius 2 is 2.04 bits per heavy atom. The number of carbonyl (C=O) groups excluding carboxylic acids is 2. The third-order valence-electron chi connectivity index (χ3n) is 3.35. The van der Waals surface area contributed by atoms with Crippen LogP contribution in [0.2, 0.25) is 5.02 Å². The Morgan fingerprint density at radius 3 is 2.58 bits per heavy atom. The van der Waals surface area contributed by atoms with Gasteiger partial charge in [-0.25, -0.2) is 4.39 Å². The van der Waals surface area contributed by atoms with Gasteiger partial charge in [0, 0.05) is 11.3 Å². The average Bonchev–Trinajstić information content (AvgIpc) is 2.53. The number of halogens is 2. The van der Waals surface area contributed by atoms with Gasteiger partial charge in [0.1, 0.15) is 11.1 Å². The van der Waals surface area contributed by atoms with E-state index in [-0.39, 0.29) is 22.6 Å². The number of methoxy groups -OCH3 is 1. The van der Waals surface area contributed by atoms with Crippen molar-refractivity contribution in [1.82, 2.24) is 0 Å². The first-order valence-electron chi connectivity index (χ1n) is 7.81. The first-order chi connectivity index (χ1) is 11.3. The van der Waals surface area contributed by atoms with Crippen molar-refractivity contribution < 1.29 is 18.7 Å². The summed E-state index contributed by atoms with van der Waals surface area (Å²) < 4.78 is 18.8. The second-order valence-electron chi connectivity index (χ2n) is 5.78. The quantitative estimate of drug-likeness (QED) is 0.518. The first-order valence-corrected chi connectivity index (χ1v) is 9.07. The lowest BCUT2D eigenvalue weighted by Gasteiger charge is -2.15. The third kappa shape index (κ3) is 6.32. The van der Waals surface area contributed by atoms with Crippen LogP contribution in [0.1, 0.15) is 40.0 Å². The summed E-state index contributed by atoms with van der Waals surface area (Å²) in [6.07, 6.45) is 1.59. The Morgan fingerprint density at radius 1 is 1.38 bits per heavy atom. The zero-order valence-electron chi connectivity index (χ0n) is 14.3. The molecule has 0 fully saturated rings. The molecule has 1 atom stereocenters. The monoisotopic (exact) mass is 375 g/mol. The number of anilines is 1. The molecule has 1 aromatic carbocycles. The molecule has 0 spiro atoms. The molecule has 0 bridgehead atoms. The van der Waals surface area contributed by atoms with Crippen molar-refractivity contribution in [1.29, 1.82) is 0 Å². The van der Waals surface area contributed by atoms with Gasteiger partial charge in [0.2, 0.25) is 5.91 Å². The second-order valence-corrected chi connectivity index (χ2v) is 7.43. The highest BCUT2D eigenvalue weighted by Gasteiger charge is 2.21. The minimum absolute atomic E-state index is 0.0652. The van der Waals surface area contributed by atoms with Gasteiger partial charge >= 0.3 is 5.97 Å². The maximum absolute atomic E-state index is 14.0. The second kappa shape index (κ2) is 9.89. The van der Waals surface area contributed by atoms with Crippen LogP contribution < -0.4 is 5.32 Å². The van der Waals surface area contributed by atoms with Crippen LogP contribution in [0.3, 0.4) is 0 Å². The van der Waals surface area contributed by atoms with Crippen molar-refractivity contribution in [2.75, 3.05) is 12.4 Å². The number of thioether (sulfide) groups is 1. The largest absolute Gasteiger partial charge is 0.468 e. The van der Waals surface area contributed by atoms with Gasteiger partial charge in [0.25, 0.3) is 0 Å². The molecule has 0 radical (unpaired) electrons. The van der Waals surface area contributed by atoms with Crippen molar-refractivity contribution in [3.8, 4) is 0 Å².